The van der Waals surface area contributed by atoms with Gasteiger partial charge in [0.25, 0.3) is 0 Å². The minimum absolute atomic E-state index is 0.0725. The molecule has 0 bridgehead atoms. The van der Waals surface area contributed by atoms with Gasteiger partial charge in [-0.2, -0.15) is 0 Å². The van der Waals surface area contributed by atoms with Gasteiger partial charge < -0.3 is 10.3 Å². The molecule has 2 aromatic heterocycles. The molecule has 3 rings (SSSR count). The van der Waals surface area contributed by atoms with Gasteiger partial charge in [0, 0.05) is 12.2 Å². The third-order valence-corrected chi connectivity index (χ3v) is 5.08. The predicted molar refractivity (Wildman–Crippen MR) is 89.2 cm³/mol. The Balaban J connectivity index is 1.61. The van der Waals surface area contributed by atoms with Crippen LogP contribution in [-0.2, 0) is 4.79 Å². The molecule has 118 valence electrons. The Morgan fingerprint density at radius 2 is 2.23 bits per heavy atom. The van der Waals surface area contributed by atoms with Crippen molar-refractivity contribution in [2.45, 2.75) is 55.5 Å². The number of hydrogen-bond acceptors (Lipinski definition) is 4. The van der Waals surface area contributed by atoms with Crippen LogP contribution in [-0.4, -0.2) is 32.2 Å². The van der Waals surface area contributed by atoms with Gasteiger partial charge in [-0.05, 0) is 25.8 Å². The fourth-order valence-electron chi connectivity index (χ4n) is 2.69. The van der Waals surface area contributed by atoms with Crippen molar-refractivity contribution in [2.75, 3.05) is 0 Å². The topological polar surface area (TPSA) is 70.7 Å². The minimum Gasteiger partial charge on any atom is -0.352 e. The summed E-state index contributed by atoms with van der Waals surface area (Å²) in [6.07, 6.45) is 7.46. The van der Waals surface area contributed by atoms with E-state index in [-0.39, 0.29) is 11.2 Å². The van der Waals surface area contributed by atoms with Crippen molar-refractivity contribution in [3.63, 3.8) is 0 Å². The van der Waals surface area contributed by atoms with Crippen LogP contribution in [0.25, 0.3) is 11.2 Å². The van der Waals surface area contributed by atoms with Crippen molar-refractivity contribution >= 4 is 40.4 Å². The maximum absolute atomic E-state index is 12.3. The Morgan fingerprint density at radius 3 is 3.00 bits per heavy atom. The van der Waals surface area contributed by atoms with Crippen LogP contribution >= 0.6 is 23.4 Å². The normalized spacial score (nSPS) is 17.5. The highest BCUT2D eigenvalue weighted by atomic mass is 35.5. The standard InChI is InChI=1S/C15H19ClN4OS/c1-9(14(21)18-11-5-3-2-4-6-11)22-15-19-12-7-10(16)8-17-13(12)20-15/h7-9,11H,2-6H2,1H3,(H,18,21)(H,17,19,20). The molecule has 0 spiro atoms. The fourth-order valence-corrected chi connectivity index (χ4v) is 3.67. The molecule has 2 aromatic rings. The monoisotopic (exact) mass is 338 g/mol. The predicted octanol–water partition coefficient (Wildman–Crippen LogP) is 3.54. The van der Waals surface area contributed by atoms with Crippen LogP contribution in [0.4, 0.5) is 0 Å². The second-order valence-corrected chi connectivity index (χ2v) is 7.44. The summed E-state index contributed by atoms with van der Waals surface area (Å²) in [6.45, 7) is 1.90. The smallest absolute Gasteiger partial charge is 0.233 e. The van der Waals surface area contributed by atoms with Gasteiger partial charge in [-0.1, -0.05) is 42.6 Å². The Morgan fingerprint density at radius 1 is 1.45 bits per heavy atom. The highest BCUT2D eigenvalue weighted by Gasteiger charge is 2.21. The average Bonchev–Trinajstić information content (AvgIpc) is 2.89. The average molecular weight is 339 g/mol. The molecule has 2 N–H and O–H groups in total. The van der Waals surface area contributed by atoms with Gasteiger partial charge in [0.05, 0.1) is 15.8 Å². The molecule has 1 aliphatic rings. The van der Waals surface area contributed by atoms with Gasteiger partial charge in [0.1, 0.15) is 0 Å². The molecule has 0 aliphatic heterocycles. The summed E-state index contributed by atoms with van der Waals surface area (Å²) in [5.41, 5.74) is 1.40. The first-order valence-electron chi connectivity index (χ1n) is 7.60. The number of H-pyrrole nitrogens is 1. The molecule has 1 saturated carbocycles. The van der Waals surface area contributed by atoms with Crippen molar-refractivity contribution in [1.82, 2.24) is 20.3 Å². The van der Waals surface area contributed by atoms with Crippen LogP contribution in [0.1, 0.15) is 39.0 Å². The number of imidazole rings is 1. The summed E-state index contributed by atoms with van der Waals surface area (Å²) < 4.78 is 0. The number of nitrogens with zero attached hydrogens (tertiary/aromatic N) is 2. The summed E-state index contributed by atoms with van der Waals surface area (Å²) >= 11 is 7.32. The van der Waals surface area contributed by atoms with E-state index in [4.69, 9.17) is 11.6 Å². The number of aromatic nitrogens is 3. The zero-order valence-electron chi connectivity index (χ0n) is 12.4. The van der Waals surface area contributed by atoms with Gasteiger partial charge in [-0.15, -0.1) is 0 Å². The van der Waals surface area contributed by atoms with E-state index in [0.717, 1.165) is 18.4 Å². The number of hydrogen-bond donors (Lipinski definition) is 2. The van der Waals surface area contributed by atoms with E-state index in [1.54, 1.807) is 12.3 Å². The second-order valence-electron chi connectivity index (χ2n) is 5.67. The molecule has 2 heterocycles. The Hall–Kier alpha value is -1.27. The maximum atomic E-state index is 12.3. The van der Waals surface area contributed by atoms with Gasteiger partial charge in [0.15, 0.2) is 10.8 Å². The van der Waals surface area contributed by atoms with Crippen LogP contribution in [0.15, 0.2) is 17.4 Å². The molecule has 5 nitrogen and oxygen atoms in total. The molecule has 1 unspecified atom stereocenters. The van der Waals surface area contributed by atoms with E-state index in [9.17, 15) is 4.79 Å². The molecule has 0 saturated heterocycles. The van der Waals surface area contributed by atoms with Crippen molar-refractivity contribution in [3.05, 3.63) is 17.3 Å². The summed E-state index contributed by atoms with van der Waals surface area (Å²) in [5.74, 6) is 0.0725. The molecular formula is C15H19ClN4OS. The van der Waals surface area contributed by atoms with Gasteiger partial charge >= 0.3 is 0 Å². The van der Waals surface area contributed by atoms with Crippen molar-refractivity contribution < 1.29 is 4.79 Å². The van der Waals surface area contributed by atoms with E-state index < -0.39 is 0 Å². The largest absolute Gasteiger partial charge is 0.352 e. The van der Waals surface area contributed by atoms with E-state index in [2.05, 4.69) is 20.3 Å². The van der Waals surface area contributed by atoms with Crippen LogP contribution in [0.3, 0.4) is 0 Å². The van der Waals surface area contributed by atoms with Gasteiger partial charge in [-0.25, -0.2) is 9.97 Å². The lowest BCUT2D eigenvalue weighted by Crippen LogP contribution is -2.40. The number of halogens is 1. The number of carbonyl (C=O) groups excluding carboxylic acids is 1. The second kappa shape index (κ2) is 6.87. The number of carbonyl (C=O) groups is 1. The molecule has 1 atom stereocenters. The van der Waals surface area contributed by atoms with Crippen molar-refractivity contribution in [2.24, 2.45) is 0 Å². The summed E-state index contributed by atoms with van der Waals surface area (Å²) in [6, 6.07) is 2.12. The Bertz CT molecular complexity index is 669. The number of amides is 1. The third-order valence-electron chi connectivity index (χ3n) is 3.89. The van der Waals surface area contributed by atoms with E-state index >= 15 is 0 Å². The highest BCUT2D eigenvalue weighted by molar-refractivity contribution is 8.00. The molecule has 1 fully saturated rings. The molecular weight excluding hydrogens is 320 g/mol. The van der Waals surface area contributed by atoms with Crippen molar-refractivity contribution in [3.8, 4) is 0 Å². The van der Waals surface area contributed by atoms with Crippen LogP contribution in [0, 0.1) is 0 Å². The molecule has 0 radical (unpaired) electrons. The molecule has 1 aliphatic carbocycles. The van der Waals surface area contributed by atoms with Crippen LogP contribution < -0.4 is 5.32 Å². The SMILES string of the molecule is CC(Sc1nc2ncc(Cl)cc2[nH]1)C(=O)NC1CCCCC1. The first-order valence-corrected chi connectivity index (χ1v) is 8.86. The Labute approximate surface area is 138 Å². The molecule has 7 heteroatoms. The third kappa shape index (κ3) is 3.73. The quantitative estimate of drug-likeness (QED) is 0.836. The number of pyridine rings is 1. The van der Waals surface area contributed by atoms with E-state index in [1.165, 1.54) is 31.0 Å². The minimum atomic E-state index is -0.196. The molecule has 22 heavy (non-hydrogen) atoms. The van der Waals surface area contributed by atoms with Gasteiger partial charge in [-0.3, -0.25) is 4.79 Å². The lowest BCUT2D eigenvalue weighted by molar-refractivity contribution is -0.121. The molecule has 1 amide bonds. The zero-order chi connectivity index (χ0) is 15.5. The fraction of sp³-hybridized carbons (Fsp3) is 0.533. The maximum Gasteiger partial charge on any atom is 0.233 e. The van der Waals surface area contributed by atoms with Gasteiger partial charge in [0.2, 0.25) is 5.91 Å². The van der Waals surface area contributed by atoms with E-state index in [1.807, 2.05) is 6.92 Å². The number of thioether (sulfide) groups is 1. The summed E-state index contributed by atoms with van der Waals surface area (Å²) in [7, 11) is 0. The first-order chi connectivity index (χ1) is 10.6. The van der Waals surface area contributed by atoms with Crippen LogP contribution in [0.5, 0.6) is 0 Å². The Kier molecular flexibility index (Phi) is 4.88. The summed E-state index contributed by atoms with van der Waals surface area (Å²) in [5, 5.41) is 4.20. The van der Waals surface area contributed by atoms with Crippen molar-refractivity contribution in [1.29, 1.82) is 0 Å². The number of aromatic amines is 1. The number of rotatable bonds is 4. The lowest BCUT2D eigenvalue weighted by Gasteiger charge is -2.24. The van der Waals surface area contributed by atoms with E-state index in [0.29, 0.717) is 21.9 Å². The van der Waals surface area contributed by atoms with Crippen LogP contribution in [0.2, 0.25) is 5.02 Å². The number of fused-ring (bicyclic) bond motifs is 1. The lowest BCUT2D eigenvalue weighted by atomic mass is 9.95. The summed E-state index contributed by atoms with van der Waals surface area (Å²) in [4.78, 5) is 24.0. The highest BCUT2D eigenvalue weighted by Crippen LogP contribution is 2.25. The first kappa shape index (κ1) is 15.6. The molecule has 0 aromatic carbocycles. The number of nitrogens with one attached hydrogen (secondary N) is 2. The zero-order valence-corrected chi connectivity index (χ0v) is 14.0.